The number of nitrogens with zero attached hydrogens (tertiary/aromatic N) is 1. The molecule has 0 bridgehead atoms. The summed E-state index contributed by atoms with van der Waals surface area (Å²) in [5.41, 5.74) is 2.19. The van der Waals surface area contributed by atoms with Gasteiger partial charge in [-0.15, -0.1) is 0 Å². The van der Waals surface area contributed by atoms with Crippen LogP contribution in [0.5, 0.6) is 0 Å². The normalized spacial score (nSPS) is 10.5. The number of anilines is 1. The Labute approximate surface area is 120 Å². The third-order valence-corrected chi connectivity index (χ3v) is 3.09. The lowest BCUT2D eigenvalue weighted by Gasteiger charge is -2.05. The third-order valence-electron chi connectivity index (χ3n) is 3.09. The molecule has 2 aromatic carbocycles. The van der Waals surface area contributed by atoms with Crippen LogP contribution in [0.1, 0.15) is 16.1 Å². The van der Waals surface area contributed by atoms with Crippen molar-refractivity contribution in [2.24, 2.45) is 0 Å². The maximum atomic E-state index is 12.2. The molecule has 5 nitrogen and oxygen atoms in total. The van der Waals surface area contributed by atoms with Crippen LogP contribution in [0, 0.1) is 6.92 Å². The van der Waals surface area contributed by atoms with Crippen molar-refractivity contribution >= 4 is 22.6 Å². The molecule has 3 rings (SSSR count). The quantitative estimate of drug-likeness (QED) is 0.756. The molecule has 0 saturated carbocycles. The molecule has 21 heavy (non-hydrogen) atoms. The first-order chi connectivity index (χ1) is 10.1. The molecule has 1 aromatic heterocycles. The Hall–Kier alpha value is -2.95. The van der Waals surface area contributed by atoms with Gasteiger partial charge in [0.05, 0.1) is 11.0 Å². The minimum absolute atomic E-state index is 0.143. The molecule has 0 fully saturated rings. The summed E-state index contributed by atoms with van der Waals surface area (Å²) in [4.78, 5) is 30.9. The molecular formula is C16H13N3O2. The number of H-pyrrole nitrogens is 1. The predicted molar refractivity (Wildman–Crippen MR) is 81.5 cm³/mol. The molecule has 1 amide bonds. The number of carbonyl (C=O) groups is 1. The van der Waals surface area contributed by atoms with Crippen molar-refractivity contribution in [3.05, 3.63) is 70.1 Å². The van der Waals surface area contributed by atoms with Gasteiger partial charge in [-0.3, -0.25) is 9.59 Å². The largest absolute Gasteiger partial charge is 0.320 e. The van der Waals surface area contributed by atoms with Crippen molar-refractivity contribution in [3.8, 4) is 0 Å². The molecule has 0 unspecified atom stereocenters. The van der Waals surface area contributed by atoms with E-state index in [1.54, 1.807) is 30.3 Å². The lowest BCUT2D eigenvalue weighted by atomic mass is 10.2. The van der Waals surface area contributed by atoms with Crippen LogP contribution >= 0.6 is 0 Å². The highest BCUT2D eigenvalue weighted by Crippen LogP contribution is 2.11. The van der Waals surface area contributed by atoms with Crippen LogP contribution in [0.4, 0.5) is 5.69 Å². The fourth-order valence-electron chi connectivity index (χ4n) is 2.10. The van der Waals surface area contributed by atoms with Gasteiger partial charge in [-0.25, -0.2) is 4.98 Å². The van der Waals surface area contributed by atoms with E-state index in [1.807, 2.05) is 25.1 Å². The number of carbonyl (C=O) groups excluding carboxylic acids is 1. The minimum Gasteiger partial charge on any atom is -0.320 e. The number of aromatic amines is 1. The second kappa shape index (κ2) is 5.20. The lowest BCUT2D eigenvalue weighted by molar-refractivity contribution is 0.102. The molecule has 0 spiro atoms. The zero-order chi connectivity index (χ0) is 14.8. The number of aromatic nitrogens is 2. The summed E-state index contributed by atoms with van der Waals surface area (Å²) in [6, 6.07) is 14.4. The van der Waals surface area contributed by atoms with Crippen molar-refractivity contribution in [2.45, 2.75) is 6.92 Å². The monoisotopic (exact) mass is 279 g/mol. The SMILES string of the molecule is Cc1cccc(NC(=O)c2nc3ccccc3[nH]c2=O)c1. The van der Waals surface area contributed by atoms with Gasteiger partial charge < -0.3 is 10.3 Å². The average Bonchev–Trinajstić information content (AvgIpc) is 2.46. The van der Waals surface area contributed by atoms with E-state index >= 15 is 0 Å². The second-order valence-corrected chi connectivity index (χ2v) is 4.76. The van der Waals surface area contributed by atoms with Gasteiger partial charge in [-0.1, -0.05) is 24.3 Å². The van der Waals surface area contributed by atoms with E-state index < -0.39 is 11.5 Å². The number of rotatable bonds is 2. The van der Waals surface area contributed by atoms with Crippen LogP contribution < -0.4 is 10.9 Å². The molecule has 0 aliphatic rings. The molecule has 0 saturated heterocycles. The number of para-hydroxylation sites is 2. The van der Waals surface area contributed by atoms with E-state index in [0.29, 0.717) is 16.7 Å². The van der Waals surface area contributed by atoms with Gasteiger partial charge in [0.1, 0.15) is 0 Å². The molecule has 0 atom stereocenters. The number of nitrogens with one attached hydrogen (secondary N) is 2. The van der Waals surface area contributed by atoms with Crippen molar-refractivity contribution < 1.29 is 4.79 Å². The molecule has 0 aliphatic carbocycles. The summed E-state index contributed by atoms with van der Waals surface area (Å²) >= 11 is 0. The summed E-state index contributed by atoms with van der Waals surface area (Å²) in [5, 5.41) is 2.68. The maximum Gasteiger partial charge on any atom is 0.280 e. The van der Waals surface area contributed by atoms with Gasteiger partial charge in [0.2, 0.25) is 0 Å². The van der Waals surface area contributed by atoms with E-state index in [9.17, 15) is 9.59 Å². The summed E-state index contributed by atoms with van der Waals surface area (Å²) in [6.07, 6.45) is 0. The topological polar surface area (TPSA) is 74.8 Å². The minimum atomic E-state index is -0.521. The van der Waals surface area contributed by atoms with Crippen LogP contribution in [-0.4, -0.2) is 15.9 Å². The number of amides is 1. The molecule has 5 heteroatoms. The van der Waals surface area contributed by atoms with E-state index in [-0.39, 0.29) is 5.69 Å². The predicted octanol–water partition coefficient (Wildman–Crippen LogP) is 2.48. The van der Waals surface area contributed by atoms with E-state index in [2.05, 4.69) is 15.3 Å². The molecule has 1 heterocycles. The zero-order valence-electron chi connectivity index (χ0n) is 11.4. The van der Waals surface area contributed by atoms with E-state index in [0.717, 1.165) is 5.56 Å². The Morgan fingerprint density at radius 1 is 1.14 bits per heavy atom. The van der Waals surface area contributed by atoms with Gasteiger partial charge in [0.25, 0.3) is 11.5 Å². The average molecular weight is 279 g/mol. The van der Waals surface area contributed by atoms with Crippen molar-refractivity contribution in [1.82, 2.24) is 9.97 Å². The fraction of sp³-hybridized carbons (Fsp3) is 0.0625. The summed E-state index contributed by atoms with van der Waals surface area (Å²) < 4.78 is 0. The molecule has 104 valence electrons. The first-order valence-electron chi connectivity index (χ1n) is 6.50. The number of hydrogen-bond donors (Lipinski definition) is 2. The molecule has 0 radical (unpaired) electrons. The zero-order valence-corrected chi connectivity index (χ0v) is 11.4. The van der Waals surface area contributed by atoms with Crippen molar-refractivity contribution in [2.75, 3.05) is 5.32 Å². The van der Waals surface area contributed by atoms with Crippen LogP contribution in [-0.2, 0) is 0 Å². The van der Waals surface area contributed by atoms with Gasteiger partial charge >= 0.3 is 0 Å². The van der Waals surface area contributed by atoms with Gasteiger partial charge in [-0.2, -0.15) is 0 Å². The number of fused-ring (bicyclic) bond motifs is 1. The number of benzene rings is 2. The fourth-order valence-corrected chi connectivity index (χ4v) is 2.10. The third kappa shape index (κ3) is 2.67. The molecule has 0 aliphatic heterocycles. The number of hydrogen-bond acceptors (Lipinski definition) is 3. The summed E-state index contributed by atoms with van der Waals surface area (Å²) in [5.74, 6) is -0.521. The molecule has 2 N–H and O–H groups in total. The van der Waals surface area contributed by atoms with Gasteiger partial charge in [0.15, 0.2) is 5.69 Å². The highest BCUT2D eigenvalue weighted by atomic mass is 16.2. The van der Waals surface area contributed by atoms with Gasteiger partial charge in [-0.05, 0) is 36.8 Å². The van der Waals surface area contributed by atoms with Crippen molar-refractivity contribution in [1.29, 1.82) is 0 Å². The van der Waals surface area contributed by atoms with E-state index in [1.165, 1.54) is 0 Å². The van der Waals surface area contributed by atoms with Crippen molar-refractivity contribution in [3.63, 3.8) is 0 Å². The Kier molecular flexibility index (Phi) is 3.23. The second-order valence-electron chi connectivity index (χ2n) is 4.76. The Morgan fingerprint density at radius 2 is 1.95 bits per heavy atom. The first-order valence-corrected chi connectivity index (χ1v) is 6.50. The maximum absolute atomic E-state index is 12.2. The molecule has 3 aromatic rings. The van der Waals surface area contributed by atoms with Crippen LogP contribution in [0.3, 0.4) is 0 Å². The van der Waals surface area contributed by atoms with Gasteiger partial charge in [0, 0.05) is 5.69 Å². The Bertz CT molecular complexity index is 884. The Morgan fingerprint density at radius 3 is 2.76 bits per heavy atom. The highest BCUT2D eigenvalue weighted by Gasteiger charge is 2.13. The van der Waals surface area contributed by atoms with Crippen LogP contribution in [0.15, 0.2) is 53.3 Å². The van der Waals surface area contributed by atoms with E-state index in [4.69, 9.17) is 0 Å². The summed E-state index contributed by atoms with van der Waals surface area (Å²) in [6.45, 7) is 1.93. The first kappa shape index (κ1) is 13.1. The Balaban J connectivity index is 1.98. The summed E-state index contributed by atoms with van der Waals surface area (Å²) in [7, 11) is 0. The smallest absolute Gasteiger partial charge is 0.280 e. The van der Waals surface area contributed by atoms with Crippen LogP contribution in [0.25, 0.3) is 11.0 Å². The molecular weight excluding hydrogens is 266 g/mol. The lowest BCUT2D eigenvalue weighted by Crippen LogP contribution is -2.25. The highest BCUT2D eigenvalue weighted by molar-refractivity contribution is 6.03. The number of aryl methyl sites for hydroxylation is 1. The standard InChI is InChI=1S/C16H13N3O2/c1-10-5-4-6-11(9-10)17-15(20)14-16(21)19-13-8-3-2-7-12(13)18-14/h2-9H,1H3,(H,17,20)(H,19,21). The van der Waals surface area contributed by atoms with Crippen LogP contribution in [0.2, 0.25) is 0 Å².